The number of nitrogens with zero attached hydrogens (tertiary/aromatic N) is 1. The summed E-state index contributed by atoms with van der Waals surface area (Å²) in [7, 11) is 0. The van der Waals surface area contributed by atoms with Gasteiger partial charge in [0, 0.05) is 32.7 Å². The molecule has 0 spiro atoms. The quantitative estimate of drug-likeness (QED) is 0.334. The van der Waals surface area contributed by atoms with E-state index >= 15 is 0 Å². The van der Waals surface area contributed by atoms with Crippen molar-refractivity contribution < 1.29 is 24.3 Å². The summed E-state index contributed by atoms with van der Waals surface area (Å²) in [5.41, 5.74) is 2.94. The molecule has 0 radical (unpaired) electrons. The average molecular weight is 544 g/mol. The van der Waals surface area contributed by atoms with Crippen molar-refractivity contribution in [3.8, 4) is 5.75 Å². The van der Waals surface area contributed by atoms with E-state index in [4.69, 9.17) is 0 Å². The Bertz CT molecular complexity index is 1470. The number of rotatable bonds is 2. The van der Waals surface area contributed by atoms with Crippen LogP contribution in [0.4, 0.5) is 5.69 Å². The normalized spacial score (nSPS) is 27.4. The molecule has 1 fully saturated rings. The van der Waals surface area contributed by atoms with Gasteiger partial charge in [0.1, 0.15) is 5.75 Å². The van der Waals surface area contributed by atoms with Gasteiger partial charge in [0.25, 0.3) is 0 Å². The number of benzene rings is 2. The standard InChI is InChI=1S/C29H22BrNO5/c1-14-11-23(33)26-21(27(14)34)13-19-17(24(26)20-12-15(30)7-10-22(20)32)8-9-18-25(19)29(36)31(28(18)35)16-5-3-2-4-6-16/h2-8,10-12,18-19,24-25,32H,9,13H2,1H3. The number of carbonyl (C=O) groups excluding carboxylic acids is 4. The summed E-state index contributed by atoms with van der Waals surface area (Å²) in [6.07, 6.45) is 3.88. The fraction of sp³-hybridized carbons (Fsp3) is 0.241. The highest BCUT2D eigenvalue weighted by atomic mass is 79.9. The molecule has 2 amide bonds. The number of amides is 2. The highest BCUT2D eigenvalue weighted by Gasteiger charge is 2.56. The Balaban J connectivity index is 1.52. The van der Waals surface area contributed by atoms with Crippen molar-refractivity contribution >= 4 is 45.0 Å². The molecule has 7 heteroatoms. The van der Waals surface area contributed by atoms with E-state index < -0.39 is 23.7 Å². The number of Topliss-reactive ketones (excluding diaryl/α,β-unsaturated/α-hetero) is 1. The van der Waals surface area contributed by atoms with Crippen LogP contribution in [0.25, 0.3) is 0 Å². The molecule has 2 aromatic carbocycles. The summed E-state index contributed by atoms with van der Waals surface area (Å²) < 4.78 is 0.720. The van der Waals surface area contributed by atoms with Gasteiger partial charge in [-0.25, -0.2) is 0 Å². The van der Waals surface area contributed by atoms with Crippen molar-refractivity contribution in [1.29, 1.82) is 0 Å². The maximum Gasteiger partial charge on any atom is 0.238 e. The lowest BCUT2D eigenvalue weighted by Gasteiger charge is -2.42. The molecule has 1 N–H and O–H groups in total. The molecule has 36 heavy (non-hydrogen) atoms. The summed E-state index contributed by atoms with van der Waals surface area (Å²) in [6, 6.07) is 13.9. The molecule has 0 aromatic heterocycles. The van der Waals surface area contributed by atoms with Gasteiger partial charge in [0.2, 0.25) is 11.8 Å². The zero-order valence-electron chi connectivity index (χ0n) is 19.4. The van der Waals surface area contributed by atoms with E-state index in [1.54, 1.807) is 49.4 Å². The Morgan fingerprint density at radius 1 is 0.972 bits per heavy atom. The van der Waals surface area contributed by atoms with E-state index in [1.807, 2.05) is 12.1 Å². The van der Waals surface area contributed by atoms with Crippen molar-refractivity contribution in [2.24, 2.45) is 17.8 Å². The van der Waals surface area contributed by atoms with E-state index in [0.29, 0.717) is 34.4 Å². The number of hydrogen-bond acceptors (Lipinski definition) is 5. The van der Waals surface area contributed by atoms with Gasteiger partial charge < -0.3 is 5.11 Å². The van der Waals surface area contributed by atoms with E-state index in [1.165, 1.54) is 11.0 Å². The van der Waals surface area contributed by atoms with Gasteiger partial charge in [-0.05, 0) is 62.1 Å². The number of anilines is 1. The molecule has 4 aliphatic rings. The Morgan fingerprint density at radius 3 is 2.47 bits per heavy atom. The van der Waals surface area contributed by atoms with Crippen molar-refractivity contribution in [1.82, 2.24) is 0 Å². The monoisotopic (exact) mass is 543 g/mol. The molecule has 1 saturated heterocycles. The molecule has 1 aliphatic heterocycles. The Labute approximate surface area is 216 Å². The smallest absolute Gasteiger partial charge is 0.238 e. The minimum Gasteiger partial charge on any atom is -0.508 e. The first-order chi connectivity index (χ1) is 17.3. The van der Waals surface area contributed by atoms with Crippen LogP contribution in [-0.4, -0.2) is 28.5 Å². The van der Waals surface area contributed by atoms with E-state index in [9.17, 15) is 24.3 Å². The highest BCUT2D eigenvalue weighted by Crippen LogP contribution is 2.56. The topological polar surface area (TPSA) is 91.8 Å². The molecule has 2 aromatic rings. The van der Waals surface area contributed by atoms with Gasteiger partial charge in [-0.15, -0.1) is 0 Å². The zero-order chi connectivity index (χ0) is 25.3. The Morgan fingerprint density at radius 2 is 1.72 bits per heavy atom. The number of hydrogen-bond donors (Lipinski definition) is 1. The predicted octanol–water partition coefficient (Wildman–Crippen LogP) is 4.79. The lowest BCUT2D eigenvalue weighted by atomic mass is 9.59. The lowest BCUT2D eigenvalue weighted by molar-refractivity contribution is -0.123. The van der Waals surface area contributed by atoms with Crippen LogP contribution in [0.3, 0.4) is 0 Å². The number of phenolic OH excluding ortho intramolecular Hbond substituents is 1. The third-order valence-corrected chi connectivity index (χ3v) is 8.37. The largest absolute Gasteiger partial charge is 0.508 e. The molecule has 4 atom stereocenters. The number of halogens is 1. The number of para-hydroxylation sites is 1. The minimum atomic E-state index is -0.674. The van der Waals surface area contributed by atoms with Crippen LogP contribution < -0.4 is 4.90 Å². The van der Waals surface area contributed by atoms with Crippen LogP contribution in [0.2, 0.25) is 0 Å². The maximum absolute atomic E-state index is 13.8. The number of carbonyl (C=O) groups is 4. The summed E-state index contributed by atoms with van der Waals surface area (Å²) in [4.78, 5) is 55.0. The molecule has 0 saturated carbocycles. The molecule has 6 nitrogen and oxygen atoms in total. The van der Waals surface area contributed by atoms with Crippen molar-refractivity contribution in [3.05, 3.63) is 93.0 Å². The van der Waals surface area contributed by atoms with E-state index in [-0.39, 0.29) is 35.6 Å². The van der Waals surface area contributed by atoms with Gasteiger partial charge in [-0.3, -0.25) is 24.1 Å². The van der Waals surface area contributed by atoms with Crippen LogP contribution in [0.15, 0.2) is 87.4 Å². The van der Waals surface area contributed by atoms with Gasteiger partial charge in [-0.1, -0.05) is 45.8 Å². The van der Waals surface area contributed by atoms with Crippen molar-refractivity contribution in [2.45, 2.75) is 25.7 Å². The second-order valence-corrected chi connectivity index (χ2v) is 10.7. The van der Waals surface area contributed by atoms with Crippen LogP contribution >= 0.6 is 15.9 Å². The number of imide groups is 1. The SMILES string of the molecule is CC1=CC(=O)C2=C(CC3C(=CCC4C(=O)N(c5ccccc5)C(=O)C43)C2c2cc(Br)ccc2O)C1=O. The summed E-state index contributed by atoms with van der Waals surface area (Å²) in [6.45, 7) is 1.62. The molecule has 1 heterocycles. The first-order valence-electron chi connectivity index (χ1n) is 11.9. The molecule has 3 aliphatic carbocycles. The summed E-state index contributed by atoms with van der Waals surface area (Å²) in [5.74, 6) is -3.27. The Hall–Kier alpha value is -3.58. The van der Waals surface area contributed by atoms with Gasteiger partial charge in [0.05, 0.1) is 17.5 Å². The van der Waals surface area contributed by atoms with Crippen LogP contribution in [0, 0.1) is 17.8 Å². The molecule has 180 valence electrons. The number of phenols is 1. The first kappa shape index (κ1) is 22.9. The first-order valence-corrected chi connectivity index (χ1v) is 12.7. The minimum absolute atomic E-state index is 0.00462. The zero-order valence-corrected chi connectivity index (χ0v) is 21.0. The third kappa shape index (κ3) is 3.22. The van der Waals surface area contributed by atoms with Crippen LogP contribution in [-0.2, 0) is 19.2 Å². The van der Waals surface area contributed by atoms with E-state index in [0.717, 1.165) is 10.0 Å². The molecule has 6 rings (SSSR count). The predicted molar refractivity (Wildman–Crippen MR) is 136 cm³/mol. The fourth-order valence-electron chi connectivity index (χ4n) is 6.33. The van der Waals surface area contributed by atoms with E-state index in [2.05, 4.69) is 15.9 Å². The van der Waals surface area contributed by atoms with Crippen LogP contribution in [0.5, 0.6) is 5.75 Å². The second-order valence-electron chi connectivity index (χ2n) is 9.78. The van der Waals surface area contributed by atoms with Gasteiger partial charge >= 0.3 is 0 Å². The molecular formula is C29H22BrNO5. The van der Waals surface area contributed by atoms with Crippen molar-refractivity contribution in [3.63, 3.8) is 0 Å². The second kappa shape index (κ2) is 8.23. The summed E-state index contributed by atoms with van der Waals surface area (Å²) in [5, 5.41) is 10.8. The molecule has 4 unspecified atom stereocenters. The van der Waals surface area contributed by atoms with Gasteiger partial charge in [0.15, 0.2) is 11.6 Å². The maximum atomic E-state index is 13.8. The Kier molecular flexibility index (Phi) is 5.23. The number of allylic oxidation sites excluding steroid dienone is 6. The third-order valence-electron chi connectivity index (χ3n) is 7.88. The van der Waals surface area contributed by atoms with Crippen LogP contribution in [0.1, 0.15) is 31.2 Å². The number of aromatic hydroxyl groups is 1. The highest BCUT2D eigenvalue weighted by molar-refractivity contribution is 9.10. The number of ketones is 2. The van der Waals surface area contributed by atoms with Gasteiger partial charge in [-0.2, -0.15) is 0 Å². The number of fused-ring (bicyclic) bond motifs is 3. The summed E-state index contributed by atoms with van der Waals surface area (Å²) >= 11 is 3.46. The van der Waals surface area contributed by atoms with Crippen molar-refractivity contribution in [2.75, 3.05) is 4.90 Å². The molecular weight excluding hydrogens is 522 g/mol. The fourth-order valence-corrected chi connectivity index (χ4v) is 6.70. The molecule has 0 bridgehead atoms. The lowest BCUT2D eigenvalue weighted by Crippen LogP contribution is -2.39. The average Bonchev–Trinajstić information content (AvgIpc) is 3.13.